The maximum absolute atomic E-state index is 11.3. The average Bonchev–Trinajstić information content (AvgIpc) is 2.16. The highest BCUT2D eigenvalue weighted by atomic mass is 16.2. The third-order valence-corrected chi connectivity index (χ3v) is 2.33. The predicted octanol–water partition coefficient (Wildman–Crippen LogP) is -0.334. The lowest BCUT2D eigenvalue weighted by Crippen LogP contribution is -2.53. The van der Waals surface area contributed by atoms with Crippen molar-refractivity contribution in [3.63, 3.8) is 0 Å². The SMILES string of the molecule is CNC(=O)C1CCCCN1C(N)=O. The molecule has 0 aromatic rings. The van der Waals surface area contributed by atoms with Crippen LogP contribution in [0.1, 0.15) is 19.3 Å². The van der Waals surface area contributed by atoms with Crippen LogP contribution in [0.5, 0.6) is 0 Å². The van der Waals surface area contributed by atoms with E-state index in [1.54, 1.807) is 7.05 Å². The zero-order chi connectivity index (χ0) is 9.84. The number of piperidine rings is 1. The van der Waals surface area contributed by atoms with Crippen LogP contribution in [0.2, 0.25) is 0 Å². The molecule has 1 heterocycles. The molecule has 74 valence electrons. The summed E-state index contributed by atoms with van der Waals surface area (Å²) in [6.45, 7) is 0.591. The van der Waals surface area contributed by atoms with Crippen molar-refractivity contribution in [2.75, 3.05) is 13.6 Å². The third kappa shape index (κ3) is 2.11. The van der Waals surface area contributed by atoms with E-state index in [4.69, 9.17) is 5.73 Å². The van der Waals surface area contributed by atoms with Crippen LogP contribution in [0.25, 0.3) is 0 Å². The summed E-state index contributed by atoms with van der Waals surface area (Å²) < 4.78 is 0. The fourth-order valence-electron chi connectivity index (χ4n) is 1.63. The van der Waals surface area contributed by atoms with Crippen LogP contribution in [-0.2, 0) is 4.79 Å². The van der Waals surface area contributed by atoms with E-state index in [0.717, 1.165) is 12.8 Å². The molecule has 1 aliphatic heterocycles. The molecule has 3 amide bonds. The van der Waals surface area contributed by atoms with Gasteiger partial charge in [-0.25, -0.2) is 4.79 Å². The molecule has 1 atom stereocenters. The number of hydrogen-bond donors (Lipinski definition) is 2. The highest BCUT2D eigenvalue weighted by Gasteiger charge is 2.29. The Morgan fingerprint density at radius 1 is 1.46 bits per heavy atom. The summed E-state index contributed by atoms with van der Waals surface area (Å²) in [6, 6.07) is -0.871. The smallest absolute Gasteiger partial charge is 0.315 e. The van der Waals surface area contributed by atoms with E-state index in [9.17, 15) is 9.59 Å². The van der Waals surface area contributed by atoms with Crippen molar-refractivity contribution >= 4 is 11.9 Å². The van der Waals surface area contributed by atoms with Gasteiger partial charge in [0.1, 0.15) is 6.04 Å². The molecule has 5 heteroatoms. The number of nitrogens with zero attached hydrogens (tertiary/aromatic N) is 1. The zero-order valence-corrected chi connectivity index (χ0v) is 7.75. The topological polar surface area (TPSA) is 75.4 Å². The molecule has 1 saturated heterocycles. The van der Waals surface area contributed by atoms with Crippen molar-refractivity contribution in [2.45, 2.75) is 25.3 Å². The second kappa shape index (κ2) is 4.11. The van der Waals surface area contributed by atoms with E-state index in [2.05, 4.69) is 5.32 Å². The van der Waals surface area contributed by atoms with Gasteiger partial charge in [0.25, 0.3) is 0 Å². The molecule has 1 aliphatic rings. The van der Waals surface area contributed by atoms with Gasteiger partial charge in [-0.3, -0.25) is 4.79 Å². The fourth-order valence-corrected chi connectivity index (χ4v) is 1.63. The maximum Gasteiger partial charge on any atom is 0.315 e. The van der Waals surface area contributed by atoms with Gasteiger partial charge in [-0.15, -0.1) is 0 Å². The van der Waals surface area contributed by atoms with Gasteiger partial charge in [0.05, 0.1) is 0 Å². The molecule has 0 radical (unpaired) electrons. The lowest BCUT2D eigenvalue weighted by molar-refractivity contribution is -0.125. The van der Waals surface area contributed by atoms with E-state index < -0.39 is 6.03 Å². The molecular formula is C8H15N3O2. The summed E-state index contributed by atoms with van der Waals surface area (Å²) in [5.74, 6) is -0.126. The van der Waals surface area contributed by atoms with Crippen molar-refractivity contribution in [1.29, 1.82) is 0 Å². The number of rotatable bonds is 1. The minimum absolute atomic E-state index is 0.126. The molecule has 5 nitrogen and oxygen atoms in total. The van der Waals surface area contributed by atoms with Crippen LogP contribution in [0.4, 0.5) is 4.79 Å². The van der Waals surface area contributed by atoms with Gasteiger partial charge in [0.15, 0.2) is 0 Å². The third-order valence-electron chi connectivity index (χ3n) is 2.33. The summed E-state index contributed by atoms with van der Waals surface area (Å²) in [5.41, 5.74) is 5.16. The quantitative estimate of drug-likeness (QED) is 0.586. The number of likely N-dealkylation sites (tertiary alicyclic amines) is 1. The van der Waals surface area contributed by atoms with Gasteiger partial charge in [0.2, 0.25) is 5.91 Å². The van der Waals surface area contributed by atoms with E-state index in [-0.39, 0.29) is 11.9 Å². The Morgan fingerprint density at radius 3 is 2.69 bits per heavy atom. The van der Waals surface area contributed by atoms with Crippen molar-refractivity contribution < 1.29 is 9.59 Å². The molecule has 0 aromatic carbocycles. The molecule has 13 heavy (non-hydrogen) atoms. The second-order valence-corrected chi connectivity index (χ2v) is 3.16. The van der Waals surface area contributed by atoms with Crippen LogP contribution < -0.4 is 11.1 Å². The number of nitrogens with one attached hydrogen (secondary N) is 1. The van der Waals surface area contributed by atoms with Gasteiger partial charge >= 0.3 is 6.03 Å². The van der Waals surface area contributed by atoms with Crippen LogP contribution in [0, 0.1) is 0 Å². The minimum atomic E-state index is -0.506. The van der Waals surface area contributed by atoms with Gasteiger partial charge in [0, 0.05) is 13.6 Å². The van der Waals surface area contributed by atoms with E-state index in [1.807, 2.05) is 0 Å². The average molecular weight is 185 g/mol. The summed E-state index contributed by atoms with van der Waals surface area (Å²) in [4.78, 5) is 23.7. The second-order valence-electron chi connectivity index (χ2n) is 3.16. The van der Waals surface area contributed by atoms with Crippen molar-refractivity contribution in [2.24, 2.45) is 5.73 Å². The maximum atomic E-state index is 11.3. The Balaban J connectivity index is 2.67. The van der Waals surface area contributed by atoms with Crippen molar-refractivity contribution in [3.05, 3.63) is 0 Å². The van der Waals surface area contributed by atoms with Crippen LogP contribution in [0.3, 0.4) is 0 Å². The monoisotopic (exact) mass is 185 g/mol. The van der Waals surface area contributed by atoms with Crippen LogP contribution >= 0.6 is 0 Å². The standard InChI is InChI=1S/C8H15N3O2/c1-10-7(12)6-4-2-3-5-11(6)8(9)13/h6H,2-5H2,1H3,(H2,9,13)(H,10,12). The predicted molar refractivity (Wildman–Crippen MR) is 48.0 cm³/mol. The Bertz CT molecular complexity index is 217. The number of amides is 3. The summed E-state index contributed by atoms with van der Waals surface area (Å²) >= 11 is 0. The first-order valence-electron chi connectivity index (χ1n) is 4.44. The lowest BCUT2D eigenvalue weighted by Gasteiger charge is -2.32. The largest absolute Gasteiger partial charge is 0.357 e. The molecular weight excluding hydrogens is 170 g/mol. The summed E-state index contributed by atoms with van der Waals surface area (Å²) in [7, 11) is 1.57. The van der Waals surface area contributed by atoms with Gasteiger partial charge in [-0.2, -0.15) is 0 Å². The molecule has 0 spiro atoms. The highest BCUT2D eigenvalue weighted by Crippen LogP contribution is 2.16. The molecule has 0 bridgehead atoms. The number of carbonyl (C=O) groups excluding carboxylic acids is 2. The summed E-state index contributed by atoms with van der Waals surface area (Å²) in [6.07, 6.45) is 2.61. The van der Waals surface area contributed by atoms with Gasteiger partial charge in [-0.05, 0) is 19.3 Å². The lowest BCUT2D eigenvalue weighted by atomic mass is 10.0. The Morgan fingerprint density at radius 2 is 2.15 bits per heavy atom. The van der Waals surface area contributed by atoms with Gasteiger partial charge in [-0.1, -0.05) is 0 Å². The number of likely N-dealkylation sites (N-methyl/N-ethyl adjacent to an activating group) is 1. The van der Waals surface area contributed by atoms with E-state index in [0.29, 0.717) is 13.0 Å². The first-order valence-corrected chi connectivity index (χ1v) is 4.44. The fraction of sp³-hybridized carbons (Fsp3) is 0.750. The van der Waals surface area contributed by atoms with Gasteiger partial charge < -0.3 is 16.0 Å². The molecule has 1 rings (SSSR count). The Kier molecular flexibility index (Phi) is 3.11. The minimum Gasteiger partial charge on any atom is -0.357 e. The number of hydrogen-bond acceptors (Lipinski definition) is 2. The molecule has 3 N–H and O–H groups in total. The Hall–Kier alpha value is -1.26. The van der Waals surface area contributed by atoms with Crippen molar-refractivity contribution in [1.82, 2.24) is 10.2 Å². The number of primary amides is 1. The van der Waals surface area contributed by atoms with E-state index in [1.165, 1.54) is 4.90 Å². The molecule has 0 aliphatic carbocycles. The Labute approximate surface area is 77.3 Å². The first-order chi connectivity index (χ1) is 6.16. The number of urea groups is 1. The first kappa shape index (κ1) is 9.83. The van der Waals surface area contributed by atoms with E-state index >= 15 is 0 Å². The normalized spacial score (nSPS) is 22.5. The molecule has 0 aromatic heterocycles. The highest BCUT2D eigenvalue weighted by molar-refractivity contribution is 5.86. The molecule has 1 fully saturated rings. The molecule has 0 saturated carbocycles. The number of carbonyl (C=O) groups is 2. The van der Waals surface area contributed by atoms with Crippen molar-refractivity contribution in [3.8, 4) is 0 Å². The molecule has 1 unspecified atom stereocenters. The summed E-state index contributed by atoms with van der Waals surface area (Å²) in [5, 5.41) is 2.53. The van der Waals surface area contributed by atoms with Crippen LogP contribution in [0.15, 0.2) is 0 Å². The van der Waals surface area contributed by atoms with Crippen LogP contribution in [-0.4, -0.2) is 36.5 Å². The zero-order valence-electron chi connectivity index (χ0n) is 7.75. The number of nitrogens with two attached hydrogens (primary N) is 1.